The Hall–Kier alpha value is -1.01. The second kappa shape index (κ2) is 5.77. The smallest absolute Gasteiger partial charge is 0.159 e. The zero-order chi connectivity index (χ0) is 14.9. The molecule has 2 atom stereocenters. The Balaban J connectivity index is 2.17. The van der Waals surface area contributed by atoms with Gasteiger partial charge in [-0.05, 0) is 30.0 Å². The summed E-state index contributed by atoms with van der Waals surface area (Å²) in [4.78, 5) is 0. The Morgan fingerprint density at radius 3 is 2.45 bits per heavy atom. The molecule has 1 saturated heterocycles. The lowest BCUT2D eigenvalue weighted by Crippen LogP contribution is -2.36. The van der Waals surface area contributed by atoms with E-state index in [1.54, 1.807) is 6.07 Å². The molecule has 1 aromatic carbocycles. The van der Waals surface area contributed by atoms with Gasteiger partial charge >= 0.3 is 0 Å². The summed E-state index contributed by atoms with van der Waals surface area (Å²) in [5.41, 5.74) is 0.642. The molecule has 0 bridgehead atoms. The largest absolute Gasteiger partial charge is 0.306 e. The van der Waals surface area contributed by atoms with Crippen molar-refractivity contribution in [3.05, 3.63) is 35.4 Å². The minimum absolute atomic E-state index is 0.111. The first-order chi connectivity index (χ1) is 9.28. The fraction of sp³-hybridized carbons (Fsp3) is 0.571. The summed E-state index contributed by atoms with van der Waals surface area (Å²) in [5.74, 6) is -1.32. The molecule has 0 unspecified atom stereocenters. The van der Waals surface area contributed by atoms with Crippen LogP contribution < -0.4 is 5.32 Å². The Labute approximate surface area is 118 Å². The Morgan fingerprint density at radius 2 is 1.95 bits per heavy atom. The Morgan fingerprint density at radius 1 is 1.25 bits per heavy atom. The third-order valence-corrected chi connectivity index (χ3v) is 5.39. The van der Waals surface area contributed by atoms with Crippen molar-refractivity contribution in [2.45, 2.75) is 32.4 Å². The van der Waals surface area contributed by atoms with Gasteiger partial charge in [-0.15, -0.1) is 0 Å². The highest BCUT2D eigenvalue weighted by molar-refractivity contribution is 7.91. The highest BCUT2D eigenvalue weighted by Gasteiger charge is 2.30. The van der Waals surface area contributed by atoms with Crippen molar-refractivity contribution in [3.8, 4) is 0 Å². The number of benzene rings is 1. The summed E-state index contributed by atoms with van der Waals surface area (Å²) in [6.07, 6.45) is 0.565. The van der Waals surface area contributed by atoms with Crippen LogP contribution in [0.5, 0.6) is 0 Å². The normalized spacial score (nSPS) is 23.1. The number of rotatable bonds is 4. The van der Waals surface area contributed by atoms with E-state index >= 15 is 0 Å². The van der Waals surface area contributed by atoms with Gasteiger partial charge in [0.15, 0.2) is 21.5 Å². The van der Waals surface area contributed by atoms with Crippen LogP contribution in [-0.4, -0.2) is 26.0 Å². The predicted octanol–water partition coefficient (Wildman–Crippen LogP) is 2.44. The zero-order valence-electron chi connectivity index (χ0n) is 11.6. The molecule has 112 valence electrons. The summed E-state index contributed by atoms with van der Waals surface area (Å²) in [7, 11) is -2.96. The summed E-state index contributed by atoms with van der Waals surface area (Å²) < 4.78 is 49.3. The van der Waals surface area contributed by atoms with E-state index in [0.29, 0.717) is 12.0 Å². The van der Waals surface area contributed by atoms with E-state index in [1.807, 2.05) is 13.8 Å². The third-order valence-electron chi connectivity index (χ3n) is 3.62. The molecule has 20 heavy (non-hydrogen) atoms. The molecule has 1 fully saturated rings. The molecule has 1 aromatic rings. The first kappa shape index (κ1) is 15.4. The Kier molecular flexibility index (Phi) is 4.44. The fourth-order valence-electron chi connectivity index (χ4n) is 2.56. The Bertz CT molecular complexity index is 587. The molecule has 2 rings (SSSR count). The van der Waals surface area contributed by atoms with Crippen molar-refractivity contribution in [3.63, 3.8) is 0 Å². The van der Waals surface area contributed by atoms with Gasteiger partial charge in [0, 0.05) is 12.1 Å². The number of halogens is 2. The van der Waals surface area contributed by atoms with Gasteiger partial charge in [-0.25, -0.2) is 17.2 Å². The van der Waals surface area contributed by atoms with Crippen LogP contribution in [0.2, 0.25) is 0 Å². The summed E-state index contributed by atoms with van der Waals surface area (Å²) in [5, 5.41) is 3.27. The molecule has 1 aliphatic heterocycles. The molecule has 0 aromatic heterocycles. The van der Waals surface area contributed by atoms with E-state index in [-0.39, 0.29) is 29.5 Å². The lowest BCUT2D eigenvalue weighted by Gasteiger charge is -2.26. The van der Waals surface area contributed by atoms with Crippen LogP contribution in [0.3, 0.4) is 0 Å². The number of hydrogen-bond donors (Lipinski definition) is 1. The van der Waals surface area contributed by atoms with Crippen molar-refractivity contribution in [2.24, 2.45) is 5.92 Å². The number of sulfone groups is 1. The van der Waals surface area contributed by atoms with E-state index in [4.69, 9.17) is 0 Å². The van der Waals surface area contributed by atoms with Crippen LogP contribution in [0.25, 0.3) is 0 Å². The van der Waals surface area contributed by atoms with Gasteiger partial charge in [-0.3, -0.25) is 0 Å². The average molecular weight is 303 g/mol. The molecule has 0 radical (unpaired) electrons. The van der Waals surface area contributed by atoms with Gasteiger partial charge in [0.25, 0.3) is 0 Å². The lowest BCUT2D eigenvalue weighted by molar-refractivity contribution is 0.370. The quantitative estimate of drug-likeness (QED) is 0.929. The highest BCUT2D eigenvalue weighted by Crippen LogP contribution is 2.26. The van der Waals surface area contributed by atoms with Crippen LogP contribution in [0.4, 0.5) is 8.78 Å². The van der Waals surface area contributed by atoms with E-state index < -0.39 is 21.5 Å². The molecule has 1 heterocycles. The van der Waals surface area contributed by atoms with Crippen molar-refractivity contribution in [1.82, 2.24) is 5.32 Å². The van der Waals surface area contributed by atoms with Crippen LogP contribution in [0.1, 0.15) is 31.9 Å². The van der Waals surface area contributed by atoms with Crippen molar-refractivity contribution in [2.75, 3.05) is 11.5 Å². The van der Waals surface area contributed by atoms with E-state index in [2.05, 4.69) is 5.32 Å². The van der Waals surface area contributed by atoms with Gasteiger partial charge in [0.1, 0.15) is 0 Å². The molecule has 1 aliphatic rings. The molecule has 0 amide bonds. The molecular weight excluding hydrogens is 284 g/mol. The second-order valence-electron chi connectivity index (χ2n) is 5.66. The van der Waals surface area contributed by atoms with Crippen LogP contribution in [0.15, 0.2) is 18.2 Å². The van der Waals surface area contributed by atoms with Crippen LogP contribution in [-0.2, 0) is 9.84 Å². The highest BCUT2D eigenvalue weighted by atomic mass is 32.2. The van der Waals surface area contributed by atoms with Gasteiger partial charge in [0.2, 0.25) is 0 Å². The molecule has 1 N–H and O–H groups in total. The first-order valence-corrected chi connectivity index (χ1v) is 8.52. The van der Waals surface area contributed by atoms with Crippen LogP contribution >= 0.6 is 0 Å². The molecule has 0 aliphatic carbocycles. The number of hydrogen-bond acceptors (Lipinski definition) is 3. The summed E-state index contributed by atoms with van der Waals surface area (Å²) in [6.45, 7) is 3.92. The number of nitrogens with one attached hydrogen (secondary N) is 1. The van der Waals surface area contributed by atoms with Crippen molar-refractivity contribution < 1.29 is 17.2 Å². The molecule has 6 heteroatoms. The first-order valence-electron chi connectivity index (χ1n) is 6.70. The molecule has 3 nitrogen and oxygen atoms in total. The van der Waals surface area contributed by atoms with Crippen molar-refractivity contribution >= 4 is 9.84 Å². The maximum absolute atomic E-state index is 13.3. The van der Waals surface area contributed by atoms with Gasteiger partial charge in [-0.1, -0.05) is 19.9 Å². The average Bonchev–Trinajstić information content (AvgIpc) is 2.69. The molecule has 0 spiro atoms. The molecule has 0 saturated carbocycles. The predicted molar refractivity (Wildman–Crippen MR) is 74.1 cm³/mol. The maximum atomic E-state index is 13.3. The van der Waals surface area contributed by atoms with E-state index in [1.165, 1.54) is 6.07 Å². The van der Waals surface area contributed by atoms with E-state index in [9.17, 15) is 17.2 Å². The summed E-state index contributed by atoms with van der Waals surface area (Å²) in [6, 6.07) is 3.51. The zero-order valence-corrected chi connectivity index (χ0v) is 12.4. The van der Waals surface area contributed by atoms with Gasteiger partial charge in [0.05, 0.1) is 11.5 Å². The lowest BCUT2D eigenvalue weighted by atomic mass is 9.95. The molecular formula is C14H19F2NO2S. The second-order valence-corrected chi connectivity index (χ2v) is 7.89. The van der Waals surface area contributed by atoms with Crippen LogP contribution in [0, 0.1) is 17.6 Å². The topological polar surface area (TPSA) is 46.2 Å². The minimum atomic E-state index is -2.96. The summed E-state index contributed by atoms with van der Waals surface area (Å²) >= 11 is 0. The van der Waals surface area contributed by atoms with Gasteiger partial charge in [-0.2, -0.15) is 0 Å². The monoisotopic (exact) mass is 303 g/mol. The van der Waals surface area contributed by atoms with E-state index in [0.717, 1.165) is 6.07 Å². The standard InChI is InChI=1S/C14H19F2NO2S/c1-9(2)14(10-3-4-12(15)13(16)7-10)17-11-5-6-20(18,19)8-11/h3-4,7,9,11,14,17H,5-6,8H2,1-2H3/t11-,14+/m0/s1. The minimum Gasteiger partial charge on any atom is -0.306 e. The SMILES string of the molecule is CC(C)[C@@H](N[C@H]1CCS(=O)(=O)C1)c1ccc(F)c(F)c1. The third kappa shape index (κ3) is 3.55. The van der Waals surface area contributed by atoms with Crippen molar-refractivity contribution in [1.29, 1.82) is 0 Å². The maximum Gasteiger partial charge on any atom is 0.159 e. The fourth-order valence-corrected chi connectivity index (χ4v) is 4.25. The van der Waals surface area contributed by atoms with Gasteiger partial charge < -0.3 is 5.32 Å².